The van der Waals surface area contributed by atoms with E-state index in [1.165, 1.54) is 54.7 Å². The van der Waals surface area contributed by atoms with E-state index in [9.17, 15) is 18.9 Å². The normalized spacial score (nSPS) is 10.5. The summed E-state index contributed by atoms with van der Waals surface area (Å²) in [6.45, 7) is 0. The largest absolute Gasteiger partial charge is 0.478 e. The summed E-state index contributed by atoms with van der Waals surface area (Å²) in [5.41, 5.74) is 0.0391. The van der Waals surface area contributed by atoms with Gasteiger partial charge in [-0.2, -0.15) is 0 Å². The summed E-state index contributed by atoms with van der Waals surface area (Å²) < 4.78 is 14.3. The second-order valence-corrected chi connectivity index (χ2v) is 4.93. The summed E-state index contributed by atoms with van der Waals surface area (Å²) in [6.07, 6.45) is 1.22. The van der Waals surface area contributed by atoms with Crippen molar-refractivity contribution in [1.29, 1.82) is 0 Å². The van der Waals surface area contributed by atoms with Crippen molar-refractivity contribution in [2.45, 2.75) is 0 Å². The number of halogens is 1. The van der Waals surface area contributed by atoms with Crippen molar-refractivity contribution >= 4 is 11.8 Å². The summed E-state index contributed by atoms with van der Waals surface area (Å²) in [7, 11) is 0. The molecule has 0 spiro atoms. The van der Waals surface area contributed by atoms with Gasteiger partial charge in [-0.25, -0.2) is 9.18 Å². The molecule has 0 atom stereocenters. The standard InChI is InChI=1S/C16H10FN3O4/c17-10-5-7-11(8-6-10)19-9-14(18-20(19)24)15(21)12-3-1-2-4-13(12)16(22)23/h1-9H,(H-,18,22,23,24)/p+1. The maximum Gasteiger partial charge on any atom is 0.336 e. The maximum atomic E-state index is 13.0. The summed E-state index contributed by atoms with van der Waals surface area (Å²) >= 11 is 0. The lowest BCUT2D eigenvalue weighted by Crippen LogP contribution is -2.28. The van der Waals surface area contributed by atoms with Crippen LogP contribution >= 0.6 is 0 Å². The first-order valence-electron chi connectivity index (χ1n) is 6.85. The van der Waals surface area contributed by atoms with E-state index in [0.29, 0.717) is 10.3 Å². The van der Waals surface area contributed by atoms with E-state index in [1.807, 2.05) is 0 Å². The van der Waals surface area contributed by atoms with Crippen molar-refractivity contribution in [3.63, 3.8) is 0 Å². The van der Waals surface area contributed by atoms with Crippen LogP contribution in [-0.4, -0.2) is 26.6 Å². The number of H-pyrrole nitrogens is 1. The van der Waals surface area contributed by atoms with Crippen LogP contribution in [0.15, 0.2) is 54.7 Å². The average Bonchev–Trinajstić information content (AvgIpc) is 2.96. The summed E-state index contributed by atoms with van der Waals surface area (Å²) in [5, 5.41) is 11.5. The number of ketones is 1. The first-order valence-corrected chi connectivity index (χ1v) is 6.85. The van der Waals surface area contributed by atoms with Crippen molar-refractivity contribution in [2.24, 2.45) is 0 Å². The third kappa shape index (κ3) is 2.72. The molecule has 0 aliphatic heterocycles. The van der Waals surface area contributed by atoms with E-state index >= 15 is 0 Å². The number of nitrogens with one attached hydrogen (secondary N) is 1. The molecule has 0 radical (unpaired) electrons. The molecule has 8 heteroatoms. The van der Waals surface area contributed by atoms with Gasteiger partial charge in [0.15, 0.2) is 5.69 Å². The van der Waals surface area contributed by atoms with Gasteiger partial charge in [0, 0.05) is 5.56 Å². The predicted octanol–water partition coefficient (Wildman–Crippen LogP) is 1.79. The number of hydrogen-bond acceptors (Lipinski definition) is 3. The highest BCUT2D eigenvalue weighted by atomic mass is 19.1. The van der Waals surface area contributed by atoms with Gasteiger partial charge in [0.25, 0.3) is 4.66 Å². The lowest BCUT2D eigenvalue weighted by Gasteiger charge is -2.01. The van der Waals surface area contributed by atoms with Crippen LogP contribution in [0.1, 0.15) is 26.4 Å². The lowest BCUT2D eigenvalue weighted by molar-refractivity contribution is -0.641. The molecule has 0 bridgehead atoms. The van der Waals surface area contributed by atoms with Gasteiger partial charge < -0.3 is 5.11 Å². The SMILES string of the molecule is O=C(O)c1ccccc1C(=O)c1cn(-c2ccc(F)cc2)[n+](=O)[nH]1. The number of aromatic nitrogens is 3. The number of hydrogen-bond donors (Lipinski definition) is 2. The molecule has 0 aliphatic rings. The number of aromatic amines is 1. The minimum atomic E-state index is -1.24. The average molecular weight is 328 g/mol. The molecule has 0 fully saturated rings. The van der Waals surface area contributed by atoms with E-state index in [1.54, 1.807) is 0 Å². The van der Waals surface area contributed by atoms with E-state index in [2.05, 4.69) is 5.10 Å². The maximum absolute atomic E-state index is 13.0. The Morgan fingerprint density at radius 3 is 2.29 bits per heavy atom. The highest BCUT2D eigenvalue weighted by Gasteiger charge is 2.23. The smallest absolute Gasteiger partial charge is 0.336 e. The van der Waals surface area contributed by atoms with Gasteiger partial charge in [0.2, 0.25) is 5.78 Å². The van der Waals surface area contributed by atoms with Gasteiger partial charge >= 0.3 is 5.97 Å². The fourth-order valence-corrected chi connectivity index (χ4v) is 2.26. The lowest BCUT2D eigenvalue weighted by atomic mass is 10.0. The fourth-order valence-electron chi connectivity index (χ4n) is 2.26. The Labute approximate surface area is 134 Å². The van der Waals surface area contributed by atoms with Crippen LogP contribution in [0.4, 0.5) is 4.39 Å². The highest BCUT2D eigenvalue weighted by Crippen LogP contribution is 2.14. The number of benzene rings is 2. The molecule has 3 rings (SSSR count). The Hall–Kier alpha value is -3.55. The summed E-state index contributed by atoms with van der Waals surface area (Å²) in [4.78, 5) is 35.7. The zero-order valence-corrected chi connectivity index (χ0v) is 12.1. The second kappa shape index (κ2) is 5.92. The van der Waals surface area contributed by atoms with E-state index < -0.39 is 17.6 Å². The Morgan fingerprint density at radius 2 is 1.67 bits per heavy atom. The van der Waals surface area contributed by atoms with Crippen LogP contribution < -0.4 is 4.66 Å². The number of carbonyl (C=O) groups is 2. The molecule has 24 heavy (non-hydrogen) atoms. The highest BCUT2D eigenvalue weighted by molar-refractivity contribution is 6.13. The van der Waals surface area contributed by atoms with Crippen molar-refractivity contribution < 1.29 is 23.7 Å². The van der Waals surface area contributed by atoms with Crippen molar-refractivity contribution in [3.8, 4) is 5.69 Å². The molecular weight excluding hydrogens is 317 g/mol. The molecule has 0 saturated carbocycles. The molecule has 1 heterocycles. The Bertz CT molecular complexity index is 989. The van der Waals surface area contributed by atoms with Gasteiger partial charge in [-0.1, -0.05) is 28.0 Å². The molecule has 1 aromatic heterocycles. The molecule has 7 nitrogen and oxygen atoms in total. The number of rotatable bonds is 4. The van der Waals surface area contributed by atoms with Crippen LogP contribution in [0, 0.1) is 10.7 Å². The van der Waals surface area contributed by atoms with Crippen molar-refractivity contribution in [3.05, 3.63) is 82.3 Å². The van der Waals surface area contributed by atoms with Gasteiger partial charge in [-0.05, 0) is 30.3 Å². The Morgan fingerprint density at radius 1 is 1.04 bits per heavy atom. The summed E-state index contributed by atoms with van der Waals surface area (Å²) in [5.74, 6) is -2.34. The number of carbonyl (C=O) groups excluding carboxylic acids is 1. The van der Waals surface area contributed by atoms with E-state index in [0.717, 1.165) is 4.68 Å². The van der Waals surface area contributed by atoms with Crippen LogP contribution in [0.25, 0.3) is 5.69 Å². The second-order valence-electron chi connectivity index (χ2n) is 4.93. The number of aromatic carboxylic acids is 1. The molecule has 0 aliphatic carbocycles. The summed E-state index contributed by atoms with van der Waals surface area (Å²) in [6, 6.07) is 10.8. The molecule has 0 unspecified atom stereocenters. The fraction of sp³-hybridized carbons (Fsp3) is 0. The molecule has 0 saturated heterocycles. The van der Waals surface area contributed by atoms with Crippen LogP contribution in [-0.2, 0) is 0 Å². The topological polar surface area (TPSA) is 98.1 Å². The molecule has 2 N–H and O–H groups in total. The van der Waals surface area contributed by atoms with Gasteiger partial charge in [-0.15, -0.1) is 0 Å². The van der Waals surface area contributed by atoms with Gasteiger partial charge in [0.05, 0.1) is 10.5 Å². The third-order valence-corrected chi connectivity index (χ3v) is 3.40. The first-order chi connectivity index (χ1) is 11.5. The minimum absolute atomic E-state index is 0.0434. The van der Waals surface area contributed by atoms with Crippen molar-refractivity contribution in [2.75, 3.05) is 0 Å². The minimum Gasteiger partial charge on any atom is -0.478 e. The number of nitrogens with zero attached hydrogens (tertiary/aromatic N) is 2. The molecular formula is C16H11FN3O4+. The van der Waals surface area contributed by atoms with Crippen molar-refractivity contribution in [1.82, 2.24) is 9.78 Å². The van der Waals surface area contributed by atoms with Crippen LogP contribution in [0.2, 0.25) is 0 Å². The van der Waals surface area contributed by atoms with Crippen LogP contribution in [0.3, 0.4) is 0 Å². The monoisotopic (exact) mass is 328 g/mol. The molecule has 2 aromatic carbocycles. The number of carboxylic acid groups (broad SMARTS) is 1. The van der Waals surface area contributed by atoms with Gasteiger partial charge in [-0.3, -0.25) is 4.79 Å². The van der Waals surface area contributed by atoms with Crippen LogP contribution in [0.5, 0.6) is 0 Å². The van der Waals surface area contributed by atoms with E-state index in [-0.39, 0.29) is 16.8 Å². The molecule has 120 valence electrons. The van der Waals surface area contributed by atoms with E-state index in [4.69, 9.17) is 5.11 Å². The zero-order chi connectivity index (χ0) is 17.3. The zero-order valence-electron chi connectivity index (χ0n) is 12.1. The quantitative estimate of drug-likeness (QED) is 0.563. The Kier molecular flexibility index (Phi) is 3.78. The molecule has 3 aromatic rings. The number of carboxylic acids is 1. The third-order valence-electron chi connectivity index (χ3n) is 3.40. The molecule has 0 amide bonds. The van der Waals surface area contributed by atoms with Gasteiger partial charge in [0.1, 0.15) is 17.7 Å². The first kappa shape index (κ1) is 15.3. The predicted molar refractivity (Wildman–Crippen MR) is 80.3 cm³/mol. The Balaban J connectivity index is 2.04.